The van der Waals surface area contributed by atoms with Crippen LogP contribution in [0.1, 0.15) is 26.7 Å². The Kier molecular flexibility index (Phi) is 5.87. The molecule has 182 valence electrons. The lowest BCUT2D eigenvalue weighted by Gasteiger charge is -2.48. The first-order valence-corrected chi connectivity index (χ1v) is 12.0. The zero-order chi connectivity index (χ0) is 23.9. The molecule has 0 radical (unpaired) electrons. The Bertz CT molecular complexity index is 723. The van der Waals surface area contributed by atoms with Gasteiger partial charge >= 0.3 is 20.4 Å². The van der Waals surface area contributed by atoms with E-state index >= 15 is 0 Å². The van der Waals surface area contributed by atoms with Crippen LogP contribution in [0.25, 0.3) is 0 Å². The van der Waals surface area contributed by atoms with Crippen LogP contribution in [0, 0.1) is 0 Å². The maximum atomic E-state index is 13.5. The van der Waals surface area contributed by atoms with E-state index in [0.29, 0.717) is 0 Å². The minimum Gasteiger partial charge on any atom is -0.489 e. The quantitative estimate of drug-likeness (QED) is 0.292. The van der Waals surface area contributed by atoms with Gasteiger partial charge in [-0.15, -0.1) is 0 Å². The summed E-state index contributed by atoms with van der Waals surface area (Å²) in [6.07, 6.45) is -5.02. The molecule has 0 aliphatic heterocycles. The third kappa shape index (κ3) is 7.13. The average Bonchev–Trinajstić information content (AvgIpc) is 2.52. The van der Waals surface area contributed by atoms with E-state index in [9.17, 15) is 47.6 Å². The SMILES string of the molecule is CCC(F)COc1ccc(OCC(F)CC)c(S(F)(F)(F)(F)F)c1S(F)(F)(F)(F)F. The van der Waals surface area contributed by atoms with Crippen molar-refractivity contribution in [1.82, 2.24) is 0 Å². The highest BCUT2D eigenvalue weighted by Crippen LogP contribution is 3.10. The molecule has 1 rings (SSSR count). The van der Waals surface area contributed by atoms with Crippen molar-refractivity contribution in [1.29, 1.82) is 0 Å². The Labute approximate surface area is 164 Å². The Hall–Kier alpha value is -1.32. The molecule has 1 aromatic rings. The van der Waals surface area contributed by atoms with E-state index in [1.165, 1.54) is 0 Å². The van der Waals surface area contributed by atoms with Gasteiger partial charge in [-0.2, -0.15) is 0 Å². The average molecular weight is 510 g/mol. The molecule has 2 nitrogen and oxygen atoms in total. The first-order chi connectivity index (χ1) is 12.9. The van der Waals surface area contributed by atoms with Gasteiger partial charge in [0.1, 0.15) is 37.1 Å². The van der Waals surface area contributed by atoms with Crippen molar-refractivity contribution in [2.45, 2.75) is 48.8 Å². The van der Waals surface area contributed by atoms with Crippen molar-refractivity contribution >= 4 is 20.4 Å². The van der Waals surface area contributed by atoms with E-state index in [0.717, 1.165) is 13.8 Å². The molecule has 2 atom stereocenters. The first kappa shape index (κ1) is 26.7. The van der Waals surface area contributed by atoms with Gasteiger partial charge in [0.05, 0.1) is 0 Å². The Morgan fingerprint density at radius 2 is 0.900 bits per heavy atom. The van der Waals surface area contributed by atoms with E-state index in [1.807, 2.05) is 0 Å². The number of alkyl halides is 2. The van der Waals surface area contributed by atoms with Crippen LogP contribution < -0.4 is 9.47 Å². The number of ether oxygens (including phenoxy) is 2. The number of rotatable bonds is 10. The lowest BCUT2D eigenvalue weighted by molar-refractivity contribution is 0.177. The summed E-state index contributed by atoms with van der Waals surface area (Å²) in [4.78, 5) is -8.19. The summed E-state index contributed by atoms with van der Waals surface area (Å²) in [5, 5.41) is 0. The molecule has 0 amide bonds. The molecule has 0 heterocycles. The van der Waals surface area contributed by atoms with Crippen LogP contribution in [-0.4, -0.2) is 25.6 Å². The highest BCUT2D eigenvalue weighted by atomic mass is 32.5. The van der Waals surface area contributed by atoms with Gasteiger partial charge in [-0.05, 0) is 25.0 Å². The van der Waals surface area contributed by atoms with Gasteiger partial charge < -0.3 is 9.47 Å². The largest absolute Gasteiger partial charge is 0.489 e. The highest BCUT2D eigenvalue weighted by Gasteiger charge is 2.78. The van der Waals surface area contributed by atoms with Crippen molar-refractivity contribution in [2.75, 3.05) is 13.2 Å². The lowest BCUT2D eigenvalue weighted by atomic mass is 10.3. The minimum absolute atomic E-state index is 0.142. The van der Waals surface area contributed by atoms with E-state index in [1.54, 1.807) is 0 Å². The Morgan fingerprint density at radius 3 is 1.10 bits per heavy atom. The first-order valence-electron chi connectivity index (χ1n) is 8.08. The summed E-state index contributed by atoms with van der Waals surface area (Å²) < 4.78 is 169. The third-order valence-electron chi connectivity index (χ3n) is 3.54. The van der Waals surface area contributed by atoms with E-state index in [4.69, 9.17) is 0 Å². The van der Waals surface area contributed by atoms with E-state index in [2.05, 4.69) is 9.47 Å². The third-order valence-corrected chi connectivity index (χ3v) is 6.02. The highest BCUT2D eigenvalue weighted by molar-refractivity contribution is 8.48. The molecule has 1 aromatic carbocycles. The fourth-order valence-corrected chi connectivity index (χ4v) is 4.94. The number of halogens is 12. The van der Waals surface area contributed by atoms with E-state index in [-0.39, 0.29) is 12.1 Å². The molecule has 0 saturated carbocycles. The standard InChI is InChI=1S/C14H18F12O2S2/c1-3-9(15)7-27-11-5-6-12(28-8-10(16)4-2)14(30(22,23,24,25)26)13(11)29(17,18,19,20)21/h5-6,9-10H,3-4,7-8H2,1-2H3. The van der Waals surface area contributed by atoms with Crippen LogP contribution in [0.15, 0.2) is 21.9 Å². The minimum atomic E-state index is -11.5. The molecule has 16 heteroatoms. The van der Waals surface area contributed by atoms with Gasteiger partial charge in [-0.1, -0.05) is 52.7 Å². The molecule has 2 unspecified atom stereocenters. The lowest BCUT2D eigenvalue weighted by Crippen LogP contribution is -2.21. The zero-order valence-electron chi connectivity index (χ0n) is 15.3. The molecular weight excluding hydrogens is 492 g/mol. The second-order valence-corrected chi connectivity index (χ2v) is 11.0. The second-order valence-electron chi connectivity index (χ2n) is 6.29. The molecular formula is C14H18F12O2S2. The fourth-order valence-electron chi connectivity index (χ4n) is 2.08. The molecule has 0 spiro atoms. The second kappa shape index (κ2) is 6.59. The van der Waals surface area contributed by atoms with Crippen LogP contribution in [-0.2, 0) is 0 Å². The normalized spacial score (nSPS) is 19.7. The summed E-state index contributed by atoms with van der Waals surface area (Å²) in [5.74, 6) is -4.71. The molecule has 0 aromatic heterocycles. The van der Waals surface area contributed by atoms with Crippen molar-refractivity contribution in [3.8, 4) is 11.5 Å². The summed E-state index contributed by atoms with van der Waals surface area (Å²) in [6.45, 7) is -0.533. The monoisotopic (exact) mass is 510 g/mol. The van der Waals surface area contributed by atoms with Gasteiger partial charge in [0.25, 0.3) is 0 Å². The number of hydrogen-bond acceptors (Lipinski definition) is 2. The molecule has 0 fully saturated rings. The summed E-state index contributed by atoms with van der Waals surface area (Å²) in [7, 11) is -23.1. The van der Waals surface area contributed by atoms with Crippen LogP contribution >= 0.6 is 20.4 Å². The van der Waals surface area contributed by atoms with Gasteiger partial charge in [0, 0.05) is 0 Å². The molecule has 0 aliphatic carbocycles. The topological polar surface area (TPSA) is 18.5 Å². The van der Waals surface area contributed by atoms with Crippen molar-refractivity contribution in [3.05, 3.63) is 12.1 Å². The number of hydrogen-bond donors (Lipinski definition) is 0. The molecule has 0 N–H and O–H groups in total. The Morgan fingerprint density at radius 1 is 0.633 bits per heavy atom. The van der Waals surface area contributed by atoms with Crippen LogP contribution in [0.2, 0.25) is 0 Å². The Balaban J connectivity index is 3.96. The molecule has 0 aliphatic rings. The fraction of sp³-hybridized carbons (Fsp3) is 0.571. The molecule has 0 bridgehead atoms. The summed E-state index contributed by atoms with van der Waals surface area (Å²) in [5.41, 5.74) is 0. The van der Waals surface area contributed by atoms with Crippen molar-refractivity contribution < 1.29 is 57.1 Å². The smallest absolute Gasteiger partial charge is 0.315 e. The summed E-state index contributed by atoms with van der Waals surface area (Å²) in [6, 6.07) is -0.283. The van der Waals surface area contributed by atoms with Crippen LogP contribution in [0.5, 0.6) is 11.5 Å². The van der Waals surface area contributed by atoms with Gasteiger partial charge in [-0.25, -0.2) is 8.78 Å². The van der Waals surface area contributed by atoms with Crippen LogP contribution in [0.3, 0.4) is 0 Å². The molecule has 30 heavy (non-hydrogen) atoms. The maximum absolute atomic E-state index is 13.5. The van der Waals surface area contributed by atoms with Crippen molar-refractivity contribution in [3.63, 3.8) is 0 Å². The van der Waals surface area contributed by atoms with E-state index < -0.39 is 80.1 Å². The van der Waals surface area contributed by atoms with Gasteiger partial charge in [-0.3, -0.25) is 0 Å². The predicted octanol–water partition coefficient (Wildman–Crippen LogP) is 9.26. The number of benzene rings is 1. The van der Waals surface area contributed by atoms with Crippen LogP contribution in [0.4, 0.5) is 47.6 Å². The maximum Gasteiger partial charge on any atom is 0.315 e. The zero-order valence-corrected chi connectivity index (χ0v) is 16.9. The molecule has 0 saturated heterocycles. The van der Waals surface area contributed by atoms with Gasteiger partial charge in [0.15, 0.2) is 9.79 Å². The van der Waals surface area contributed by atoms with Gasteiger partial charge in [0.2, 0.25) is 0 Å². The van der Waals surface area contributed by atoms with Crippen molar-refractivity contribution in [2.24, 2.45) is 0 Å². The predicted molar refractivity (Wildman–Crippen MR) is 90.6 cm³/mol. The summed E-state index contributed by atoms with van der Waals surface area (Å²) >= 11 is 0.